The van der Waals surface area contributed by atoms with E-state index in [0.717, 1.165) is 48.2 Å². The van der Waals surface area contributed by atoms with E-state index in [1.807, 2.05) is 18.2 Å². The summed E-state index contributed by atoms with van der Waals surface area (Å²) in [4.78, 5) is 0. The first kappa shape index (κ1) is 14.8. The van der Waals surface area contributed by atoms with E-state index in [1.54, 1.807) is 14.2 Å². The van der Waals surface area contributed by atoms with Crippen LogP contribution in [0.25, 0.3) is 0 Å². The molecular weight excluding hydrogens is 280 g/mol. The van der Waals surface area contributed by atoms with Crippen molar-refractivity contribution >= 4 is 0 Å². The number of aromatic nitrogens is 3. The molecule has 2 aromatic rings. The van der Waals surface area contributed by atoms with E-state index in [1.165, 1.54) is 12.8 Å². The first-order valence-corrected chi connectivity index (χ1v) is 7.64. The fourth-order valence-electron chi connectivity index (χ4n) is 2.79. The first-order valence-electron chi connectivity index (χ1n) is 7.64. The Morgan fingerprint density at radius 1 is 1.05 bits per heavy atom. The zero-order valence-electron chi connectivity index (χ0n) is 13.1. The molecule has 1 aliphatic heterocycles. The quantitative estimate of drug-likeness (QED) is 0.883. The normalized spacial score (nSPS) is 13.7. The Morgan fingerprint density at radius 3 is 2.55 bits per heavy atom. The highest BCUT2D eigenvalue weighted by Crippen LogP contribution is 2.22. The maximum Gasteiger partial charge on any atom is 0.147 e. The SMILES string of the molecule is COc1cc(CNCc2nnc3n2CCCC3)cc(OC)c1. The van der Waals surface area contributed by atoms with Gasteiger partial charge in [0.05, 0.1) is 20.8 Å². The molecule has 22 heavy (non-hydrogen) atoms. The second-order valence-corrected chi connectivity index (χ2v) is 5.47. The van der Waals surface area contributed by atoms with Crippen LogP contribution in [0, 0.1) is 0 Å². The van der Waals surface area contributed by atoms with Gasteiger partial charge in [0.25, 0.3) is 0 Å². The summed E-state index contributed by atoms with van der Waals surface area (Å²) in [6.45, 7) is 2.48. The molecule has 0 saturated heterocycles. The van der Waals surface area contributed by atoms with Gasteiger partial charge in [-0.05, 0) is 30.5 Å². The van der Waals surface area contributed by atoms with Crippen molar-refractivity contribution in [3.63, 3.8) is 0 Å². The van der Waals surface area contributed by atoms with Crippen molar-refractivity contribution in [2.75, 3.05) is 14.2 Å². The molecule has 0 bridgehead atoms. The third kappa shape index (κ3) is 3.22. The van der Waals surface area contributed by atoms with E-state index < -0.39 is 0 Å². The average molecular weight is 302 g/mol. The van der Waals surface area contributed by atoms with E-state index in [-0.39, 0.29) is 0 Å². The molecule has 1 N–H and O–H groups in total. The van der Waals surface area contributed by atoms with Crippen molar-refractivity contribution in [2.24, 2.45) is 0 Å². The van der Waals surface area contributed by atoms with Crippen LogP contribution in [0.15, 0.2) is 18.2 Å². The summed E-state index contributed by atoms with van der Waals surface area (Å²) < 4.78 is 12.8. The van der Waals surface area contributed by atoms with Gasteiger partial charge in [0, 0.05) is 25.6 Å². The van der Waals surface area contributed by atoms with Gasteiger partial charge in [-0.2, -0.15) is 0 Å². The van der Waals surface area contributed by atoms with Gasteiger partial charge in [0.1, 0.15) is 23.1 Å². The maximum atomic E-state index is 5.29. The number of nitrogens with one attached hydrogen (secondary N) is 1. The van der Waals surface area contributed by atoms with E-state index in [4.69, 9.17) is 9.47 Å². The van der Waals surface area contributed by atoms with Crippen LogP contribution >= 0.6 is 0 Å². The second-order valence-electron chi connectivity index (χ2n) is 5.47. The van der Waals surface area contributed by atoms with Gasteiger partial charge >= 0.3 is 0 Å². The van der Waals surface area contributed by atoms with Crippen LogP contribution in [0.2, 0.25) is 0 Å². The third-order valence-electron chi connectivity index (χ3n) is 3.96. The van der Waals surface area contributed by atoms with Gasteiger partial charge < -0.3 is 19.4 Å². The summed E-state index contributed by atoms with van der Waals surface area (Å²) in [5.41, 5.74) is 1.12. The predicted molar refractivity (Wildman–Crippen MR) is 83.0 cm³/mol. The molecule has 1 aromatic heterocycles. The Bertz CT molecular complexity index is 617. The Kier molecular flexibility index (Phi) is 4.58. The molecule has 2 heterocycles. The molecular formula is C16H22N4O2. The van der Waals surface area contributed by atoms with Crippen LogP contribution in [-0.4, -0.2) is 29.0 Å². The topological polar surface area (TPSA) is 61.2 Å². The van der Waals surface area contributed by atoms with E-state index in [9.17, 15) is 0 Å². The average Bonchev–Trinajstić information content (AvgIpc) is 2.98. The summed E-state index contributed by atoms with van der Waals surface area (Å²) in [6.07, 6.45) is 3.47. The van der Waals surface area contributed by atoms with Gasteiger partial charge in [-0.1, -0.05) is 0 Å². The van der Waals surface area contributed by atoms with Crippen molar-refractivity contribution < 1.29 is 9.47 Å². The van der Waals surface area contributed by atoms with E-state index in [0.29, 0.717) is 6.54 Å². The molecule has 0 fully saturated rings. The summed E-state index contributed by atoms with van der Waals surface area (Å²) in [5.74, 6) is 3.74. The number of hydrogen-bond acceptors (Lipinski definition) is 5. The highest BCUT2D eigenvalue weighted by Gasteiger charge is 2.15. The Labute approximate surface area is 130 Å². The van der Waals surface area contributed by atoms with Crippen molar-refractivity contribution in [1.29, 1.82) is 0 Å². The summed E-state index contributed by atoms with van der Waals surface area (Å²) in [6, 6.07) is 5.89. The van der Waals surface area contributed by atoms with Crippen LogP contribution in [0.5, 0.6) is 11.5 Å². The number of fused-ring (bicyclic) bond motifs is 1. The molecule has 0 radical (unpaired) electrons. The molecule has 0 atom stereocenters. The monoisotopic (exact) mass is 302 g/mol. The minimum Gasteiger partial charge on any atom is -0.497 e. The first-order chi connectivity index (χ1) is 10.8. The highest BCUT2D eigenvalue weighted by atomic mass is 16.5. The van der Waals surface area contributed by atoms with Crippen LogP contribution in [0.3, 0.4) is 0 Å². The Hall–Kier alpha value is -2.08. The molecule has 0 amide bonds. The minimum absolute atomic E-state index is 0.715. The van der Waals surface area contributed by atoms with Crippen molar-refractivity contribution in [2.45, 2.75) is 38.9 Å². The van der Waals surface area contributed by atoms with Gasteiger partial charge in [-0.15, -0.1) is 10.2 Å². The Balaban J connectivity index is 1.62. The molecule has 0 spiro atoms. The fourth-order valence-corrected chi connectivity index (χ4v) is 2.79. The zero-order valence-corrected chi connectivity index (χ0v) is 13.1. The van der Waals surface area contributed by atoms with Gasteiger partial charge in [-0.25, -0.2) is 0 Å². The molecule has 0 unspecified atom stereocenters. The number of methoxy groups -OCH3 is 2. The van der Waals surface area contributed by atoms with E-state index >= 15 is 0 Å². The lowest BCUT2D eigenvalue weighted by atomic mass is 10.1. The minimum atomic E-state index is 0.715. The number of nitrogens with zero attached hydrogens (tertiary/aromatic N) is 3. The summed E-state index contributed by atoms with van der Waals surface area (Å²) in [7, 11) is 3.32. The van der Waals surface area contributed by atoms with Crippen LogP contribution in [0.1, 0.15) is 30.1 Å². The van der Waals surface area contributed by atoms with Gasteiger partial charge in [0.2, 0.25) is 0 Å². The number of hydrogen-bond donors (Lipinski definition) is 1. The molecule has 0 aliphatic carbocycles. The third-order valence-corrected chi connectivity index (χ3v) is 3.96. The second kappa shape index (κ2) is 6.79. The maximum absolute atomic E-state index is 5.29. The van der Waals surface area contributed by atoms with E-state index in [2.05, 4.69) is 20.1 Å². The molecule has 1 aliphatic rings. The zero-order chi connectivity index (χ0) is 15.4. The van der Waals surface area contributed by atoms with Crippen molar-refractivity contribution in [1.82, 2.24) is 20.1 Å². The fraction of sp³-hybridized carbons (Fsp3) is 0.500. The summed E-state index contributed by atoms with van der Waals surface area (Å²) in [5, 5.41) is 12.0. The molecule has 118 valence electrons. The summed E-state index contributed by atoms with van der Waals surface area (Å²) >= 11 is 0. The lowest BCUT2D eigenvalue weighted by molar-refractivity contribution is 0.393. The van der Waals surface area contributed by atoms with Crippen molar-refractivity contribution in [3.8, 4) is 11.5 Å². The molecule has 6 nitrogen and oxygen atoms in total. The predicted octanol–water partition coefficient (Wildman–Crippen LogP) is 1.92. The number of aryl methyl sites for hydroxylation is 1. The van der Waals surface area contributed by atoms with Crippen LogP contribution in [-0.2, 0) is 26.1 Å². The van der Waals surface area contributed by atoms with Gasteiger partial charge in [0.15, 0.2) is 0 Å². The highest BCUT2D eigenvalue weighted by molar-refractivity contribution is 5.38. The Morgan fingerprint density at radius 2 is 1.82 bits per heavy atom. The largest absolute Gasteiger partial charge is 0.497 e. The van der Waals surface area contributed by atoms with Crippen LogP contribution < -0.4 is 14.8 Å². The van der Waals surface area contributed by atoms with Crippen LogP contribution in [0.4, 0.5) is 0 Å². The lowest BCUT2D eigenvalue weighted by Crippen LogP contribution is -2.19. The molecule has 6 heteroatoms. The standard InChI is InChI=1S/C16H22N4O2/c1-21-13-7-12(8-14(9-13)22-2)10-17-11-16-19-18-15-5-3-4-6-20(15)16/h7-9,17H,3-6,10-11H2,1-2H3. The lowest BCUT2D eigenvalue weighted by Gasteiger charge is -2.15. The number of ether oxygens (including phenoxy) is 2. The molecule has 0 saturated carbocycles. The molecule has 1 aromatic carbocycles. The van der Waals surface area contributed by atoms with Gasteiger partial charge in [-0.3, -0.25) is 0 Å². The smallest absolute Gasteiger partial charge is 0.147 e. The van der Waals surface area contributed by atoms with Crippen molar-refractivity contribution in [3.05, 3.63) is 35.4 Å². The molecule has 3 rings (SSSR count). The number of benzene rings is 1. The number of rotatable bonds is 6.